The quantitative estimate of drug-likeness (QED) is 0.419. The first-order chi connectivity index (χ1) is 17.4. The monoisotopic (exact) mass is 486 g/mol. The molecule has 36 heavy (non-hydrogen) atoms. The lowest BCUT2D eigenvalue weighted by Crippen LogP contribution is -2.34. The molecule has 2 unspecified atom stereocenters. The second-order valence-electron chi connectivity index (χ2n) is 10.3. The van der Waals surface area contributed by atoms with Gasteiger partial charge in [0.15, 0.2) is 0 Å². The molecule has 1 saturated heterocycles. The molecule has 2 N–H and O–H groups in total. The Balaban J connectivity index is 1.65. The third-order valence-corrected chi connectivity index (χ3v) is 7.38. The molecule has 0 spiro atoms. The minimum absolute atomic E-state index is 0.00331. The SMILES string of the molecule is C=C(O)/C=C\c1c(N2CC(C)CCc3nc(OC4CCNCC4)ccc3C(C)C2)ccc(C#N)c1C. The number of aromatic nitrogens is 1. The maximum Gasteiger partial charge on any atom is 0.213 e. The summed E-state index contributed by atoms with van der Waals surface area (Å²) in [5.41, 5.74) is 6.00. The minimum Gasteiger partial charge on any atom is -0.509 e. The van der Waals surface area contributed by atoms with Gasteiger partial charge in [0, 0.05) is 42.0 Å². The number of aliphatic hydroxyl groups is 1. The molecule has 6 nitrogen and oxygen atoms in total. The molecule has 1 aromatic heterocycles. The first kappa shape index (κ1) is 25.8. The van der Waals surface area contributed by atoms with Crippen LogP contribution in [-0.4, -0.2) is 42.4 Å². The molecular weight excluding hydrogens is 448 g/mol. The van der Waals surface area contributed by atoms with Crippen LogP contribution < -0.4 is 15.0 Å². The molecule has 0 amide bonds. The predicted molar refractivity (Wildman–Crippen MR) is 146 cm³/mol. The summed E-state index contributed by atoms with van der Waals surface area (Å²) in [5.74, 6) is 1.47. The average molecular weight is 487 g/mol. The highest BCUT2D eigenvalue weighted by atomic mass is 16.5. The topological polar surface area (TPSA) is 81.4 Å². The van der Waals surface area contributed by atoms with Gasteiger partial charge in [-0.2, -0.15) is 5.26 Å². The van der Waals surface area contributed by atoms with Crippen LogP contribution in [0.5, 0.6) is 5.88 Å². The molecule has 2 atom stereocenters. The standard InChI is InChI=1S/C30H38N4O2/c1-20-5-10-28-26(9-12-30(33-28)36-25-13-15-32-16-14-25)21(2)19-34(18-20)29-11-7-24(17-31)23(4)27(29)8-6-22(3)35/h6-9,11-12,20-21,25,32,35H,3,5,10,13-16,18-19H2,1-2,4H3/b8-6-. The fraction of sp³-hybridized carbons (Fsp3) is 0.467. The number of piperidine rings is 1. The number of rotatable bonds is 5. The van der Waals surface area contributed by atoms with E-state index in [1.165, 1.54) is 5.56 Å². The Labute approximate surface area is 215 Å². The van der Waals surface area contributed by atoms with E-state index >= 15 is 0 Å². The molecular formula is C30H38N4O2. The molecule has 2 aliphatic heterocycles. The van der Waals surface area contributed by atoms with Crippen LogP contribution in [-0.2, 0) is 6.42 Å². The smallest absolute Gasteiger partial charge is 0.213 e. The maximum atomic E-state index is 9.69. The summed E-state index contributed by atoms with van der Waals surface area (Å²) >= 11 is 0. The van der Waals surface area contributed by atoms with Gasteiger partial charge >= 0.3 is 0 Å². The highest BCUT2D eigenvalue weighted by molar-refractivity contribution is 5.74. The van der Waals surface area contributed by atoms with Gasteiger partial charge in [0.05, 0.1) is 11.6 Å². The summed E-state index contributed by atoms with van der Waals surface area (Å²) in [6.07, 6.45) is 7.71. The van der Waals surface area contributed by atoms with Crippen molar-refractivity contribution >= 4 is 11.8 Å². The number of nitrogens with one attached hydrogen (secondary N) is 1. The van der Waals surface area contributed by atoms with Crippen molar-refractivity contribution in [2.24, 2.45) is 5.92 Å². The first-order valence-electron chi connectivity index (χ1n) is 13.1. The van der Waals surface area contributed by atoms with Gasteiger partial charge in [-0.15, -0.1) is 0 Å². The molecule has 1 aromatic carbocycles. The number of aryl methyl sites for hydroxylation is 1. The van der Waals surface area contributed by atoms with E-state index in [4.69, 9.17) is 9.72 Å². The van der Waals surface area contributed by atoms with E-state index in [9.17, 15) is 10.4 Å². The molecule has 0 radical (unpaired) electrons. The number of aliphatic hydroxyl groups excluding tert-OH is 1. The van der Waals surface area contributed by atoms with Crippen LogP contribution in [0.2, 0.25) is 0 Å². The maximum absolute atomic E-state index is 9.69. The lowest BCUT2D eigenvalue weighted by Gasteiger charge is -2.32. The van der Waals surface area contributed by atoms with E-state index in [1.807, 2.05) is 31.2 Å². The van der Waals surface area contributed by atoms with E-state index in [0.29, 0.717) is 11.5 Å². The number of ether oxygens (including phenoxy) is 1. The van der Waals surface area contributed by atoms with Crippen LogP contribution in [0.25, 0.3) is 6.08 Å². The van der Waals surface area contributed by atoms with Gasteiger partial charge in [0.25, 0.3) is 0 Å². The number of hydrogen-bond donors (Lipinski definition) is 2. The van der Waals surface area contributed by atoms with Crippen molar-refractivity contribution < 1.29 is 9.84 Å². The van der Waals surface area contributed by atoms with Gasteiger partial charge in [-0.05, 0) is 87.0 Å². The van der Waals surface area contributed by atoms with Crippen LogP contribution in [0.1, 0.15) is 67.0 Å². The fourth-order valence-electron chi connectivity index (χ4n) is 5.34. The number of nitrogens with zero attached hydrogens (tertiary/aromatic N) is 3. The zero-order valence-electron chi connectivity index (χ0n) is 21.8. The van der Waals surface area contributed by atoms with Gasteiger partial charge in [0.1, 0.15) is 11.9 Å². The van der Waals surface area contributed by atoms with Crippen LogP contribution in [0, 0.1) is 24.2 Å². The molecule has 190 valence electrons. The molecule has 0 bridgehead atoms. The summed E-state index contributed by atoms with van der Waals surface area (Å²) in [6.45, 7) is 13.8. The Morgan fingerprint density at radius 3 is 2.69 bits per heavy atom. The Kier molecular flexibility index (Phi) is 8.32. The predicted octanol–water partition coefficient (Wildman–Crippen LogP) is 5.67. The molecule has 0 aliphatic carbocycles. The van der Waals surface area contributed by atoms with E-state index < -0.39 is 0 Å². The molecule has 2 aliphatic rings. The summed E-state index contributed by atoms with van der Waals surface area (Å²) in [6, 6.07) is 10.5. The van der Waals surface area contributed by atoms with Crippen LogP contribution in [0.3, 0.4) is 0 Å². The van der Waals surface area contributed by atoms with Gasteiger partial charge in [-0.25, -0.2) is 4.98 Å². The van der Waals surface area contributed by atoms with Crippen molar-refractivity contribution in [1.29, 1.82) is 5.26 Å². The fourth-order valence-corrected chi connectivity index (χ4v) is 5.34. The first-order valence-corrected chi connectivity index (χ1v) is 13.1. The second-order valence-corrected chi connectivity index (χ2v) is 10.3. The highest BCUT2D eigenvalue weighted by Gasteiger charge is 2.24. The number of pyridine rings is 1. The number of fused-ring (bicyclic) bond motifs is 1. The third-order valence-electron chi connectivity index (χ3n) is 7.38. The Morgan fingerprint density at radius 1 is 1.19 bits per heavy atom. The summed E-state index contributed by atoms with van der Waals surface area (Å²) in [7, 11) is 0. The molecule has 1 fully saturated rings. The summed E-state index contributed by atoms with van der Waals surface area (Å²) in [5, 5.41) is 22.7. The zero-order chi connectivity index (χ0) is 25.7. The Morgan fingerprint density at radius 2 is 1.97 bits per heavy atom. The summed E-state index contributed by atoms with van der Waals surface area (Å²) in [4.78, 5) is 7.42. The normalized spacial score (nSPS) is 21.2. The second kappa shape index (κ2) is 11.6. The minimum atomic E-state index is -0.00331. The van der Waals surface area contributed by atoms with Crippen LogP contribution in [0.4, 0.5) is 5.69 Å². The van der Waals surface area contributed by atoms with E-state index in [-0.39, 0.29) is 17.8 Å². The number of anilines is 1. The largest absolute Gasteiger partial charge is 0.509 e. The van der Waals surface area contributed by atoms with Gasteiger partial charge < -0.3 is 20.1 Å². The Bertz CT molecular complexity index is 1160. The number of hydrogen-bond acceptors (Lipinski definition) is 6. The lowest BCUT2D eigenvalue weighted by atomic mass is 9.96. The summed E-state index contributed by atoms with van der Waals surface area (Å²) < 4.78 is 6.25. The average Bonchev–Trinajstić information content (AvgIpc) is 2.92. The van der Waals surface area contributed by atoms with Crippen molar-refractivity contribution in [2.45, 2.75) is 58.5 Å². The van der Waals surface area contributed by atoms with Gasteiger partial charge in [-0.3, -0.25) is 0 Å². The third kappa shape index (κ3) is 6.09. The van der Waals surface area contributed by atoms with Crippen molar-refractivity contribution in [2.75, 3.05) is 31.1 Å². The molecule has 2 aromatic rings. The van der Waals surface area contributed by atoms with E-state index in [0.717, 1.165) is 80.3 Å². The van der Waals surface area contributed by atoms with Crippen molar-refractivity contribution in [3.63, 3.8) is 0 Å². The highest BCUT2D eigenvalue weighted by Crippen LogP contribution is 2.33. The van der Waals surface area contributed by atoms with Gasteiger partial charge in [-0.1, -0.05) is 26.5 Å². The van der Waals surface area contributed by atoms with Crippen molar-refractivity contribution in [1.82, 2.24) is 10.3 Å². The Hall–Kier alpha value is -3.30. The molecule has 6 heteroatoms. The van der Waals surface area contributed by atoms with Crippen molar-refractivity contribution in [3.8, 4) is 11.9 Å². The zero-order valence-corrected chi connectivity index (χ0v) is 21.8. The van der Waals surface area contributed by atoms with Gasteiger partial charge in [0.2, 0.25) is 5.88 Å². The number of benzene rings is 1. The lowest BCUT2D eigenvalue weighted by molar-refractivity contribution is 0.155. The van der Waals surface area contributed by atoms with Crippen molar-refractivity contribution in [3.05, 3.63) is 70.6 Å². The number of allylic oxidation sites excluding steroid dienone is 1. The number of nitriles is 1. The van der Waals surface area contributed by atoms with Crippen LogP contribution >= 0.6 is 0 Å². The van der Waals surface area contributed by atoms with E-state index in [2.05, 4.69) is 42.8 Å². The molecule has 3 heterocycles. The van der Waals surface area contributed by atoms with E-state index in [1.54, 1.807) is 6.08 Å². The van der Waals surface area contributed by atoms with Crippen LogP contribution in [0.15, 0.2) is 42.7 Å². The molecule has 0 saturated carbocycles. The molecule has 4 rings (SSSR count).